The minimum Gasteiger partial charge on any atom is -0.482 e. The van der Waals surface area contributed by atoms with E-state index in [1.165, 1.54) is 6.07 Å². The van der Waals surface area contributed by atoms with Crippen molar-refractivity contribution in [2.75, 3.05) is 6.54 Å². The first-order chi connectivity index (χ1) is 11.9. The quantitative estimate of drug-likeness (QED) is 0.720. The molecule has 2 rings (SSSR count). The molecule has 1 heterocycles. The van der Waals surface area contributed by atoms with Gasteiger partial charge in [0.25, 0.3) is 5.91 Å². The summed E-state index contributed by atoms with van der Waals surface area (Å²) >= 11 is 12.0. The Balaban J connectivity index is 1.89. The number of benzene rings is 1. The number of nitrogens with one attached hydrogen (secondary N) is 1. The molecule has 0 aliphatic rings. The number of carbonyl (C=O) groups excluding carboxylic acids is 1. The third-order valence-electron chi connectivity index (χ3n) is 3.20. The maximum absolute atomic E-state index is 12.0. The second-order valence-electron chi connectivity index (χ2n) is 5.43. The summed E-state index contributed by atoms with van der Waals surface area (Å²) in [6.07, 6.45) is -0.0310. The van der Waals surface area contributed by atoms with Crippen LogP contribution in [0.4, 0.5) is 0 Å². The van der Waals surface area contributed by atoms with Crippen molar-refractivity contribution in [3.63, 3.8) is 0 Å². The highest BCUT2D eigenvalue weighted by Crippen LogP contribution is 2.32. The maximum Gasteiger partial charge on any atom is 0.303 e. The molecule has 0 saturated carbocycles. The third-order valence-corrected chi connectivity index (χ3v) is 3.80. The smallest absolute Gasteiger partial charge is 0.303 e. The van der Waals surface area contributed by atoms with E-state index in [1.807, 2.05) is 0 Å². The molecule has 0 aliphatic carbocycles. The number of para-hydroxylation sites is 1. The second kappa shape index (κ2) is 8.73. The maximum atomic E-state index is 12.0. The highest BCUT2D eigenvalue weighted by molar-refractivity contribution is 6.37. The minimum atomic E-state index is -0.916. The number of rotatable bonds is 8. The summed E-state index contributed by atoms with van der Waals surface area (Å²) in [7, 11) is 0. The van der Waals surface area contributed by atoms with Crippen molar-refractivity contribution in [1.82, 2.24) is 10.5 Å². The molecule has 7 nitrogen and oxygen atoms in total. The summed E-state index contributed by atoms with van der Waals surface area (Å²) in [5, 5.41) is 15.7. The van der Waals surface area contributed by atoms with Gasteiger partial charge in [0.05, 0.1) is 10.0 Å². The fraction of sp³-hybridized carbons (Fsp3) is 0.312. The summed E-state index contributed by atoms with van der Waals surface area (Å²) in [5.41, 5.74) is 0.0754. The van der Waals surface area contributed by atoms with Gasteiger partial charge in [0.15, 0.2) is 17.2 Å². The zero-order valence-electron chi connectivity index (χ0n) is 13.3. The Morgan fingerprint density at radius 2 is 2.04 bits per heavy atom. The van der Waals surface area contributed by atoms with Crippen LogP contribution in [0.5, 0.6) is 5.75 Å². The zero-order chi connectivity index (χ0) is 18.4. The molecule has 2 N–H and O–H groups in total. The predicted octanol–water partition coefficient (Wildman–Crippen LogP) is 3.40. The molecule has 1 amide bonds. The average molecular weight is 387 g/mol. The van der Waals surface area contributed by atoms with Crippen molar-refractivity contribution in [3.05, 3.63) is 45.8 Å². The number of aliphatic carboxylic acids is 1. The van der Waals surface area contributed by atoms with Crippen molar-refractivity contribution in [3.8, 4) is 5.75 Å². The number of aromatic nitrogens is 1. The van der Waals surface area contributed by atoms with Gasteiger partial charge < -0.3 is 19.7 Å². The Morgan fingerprint density at radius 3 is 2.68 bits per heavy atom. The van der Waals surface area contributed by atoms with Gasteiger partial charge in [-0.05, 0) is 18.1 Å². The van der Waals surface area contributed by atoms with Gasteiger partial charge in [0.2, 0.25) is 0 Å². The van der Waals surface area contributed by atoms with Crippen LogP contribution >= 0.6 is 23.2 Å². The molecule has 25 heavy (non-hydrogen) atoms. The van der Waals surface area contributed by atoms with E-state index >= 15 is 0 Å². The Hall–Kier alpha value is -2.25. The molecule has 1 aromatic carbocycles. The topological polar surface area (TPSA) is 102 Å². The summed E-state index contributed by atoms with van der Waals surface area (Å²) < 4.78 is 10.5. The number of carbonyl (C=O) groups is 2. The average Bonchev–Trinajstić information content (AvgIpc) is 3.00. The molecule has 0 bridgehead atoms. The van der Waals surface area contributed by atoms with E-state index < -0.39 is 11.9 Å². The second-order valence-corrected chi connectivity index (χ2v) is 6.25. The van der Waals surface area contributed by atoms with Crippen LogP contribution < -0.4 is 10.1 Å². The first kappa shape index (κ1) is 19.1. The molecular formula is C16H16Cl2N2O5. The highest BCUT2D eigenvalue weighted by Gasteiger charge is 2.16. The van der Waals surface area contributed by atoms with Crippen LogP contribution in [0.25, 0.3) is 0 Å². The van der Waals surface area contributed by atoms with Gasteiger partial charge in [-0.15, -0.1) is 0 Å². The number of hydrogen-bond acceptors (Lipinski definition) is 5. The lowest BCUT2D eigenvalue weighted by Crippen LogP contribution is -2.29. The van der Waals surface area contributed by atoms with Gasteiger partial charge >= 0.3 is 5.97 Å². The normalized spacial score (nSPS) is 11.8. The van der Waals surface area contributed by atoms with Gasteiger partial charge in [0.1, 0.15) is 6.61 Å². The van der Waals surface area contributed by atoms with Crippen LogP contribution in [0.1, 0.15) is 29.6 Å². The Kier molecular flexibility index (Phi) is 6.66. The van der Waals surface area contributed by atoms with E-state index in [0.29, 0.717) is 21.6 Å². The number of ether oxygens (including phenoxy) is 1. The first-order valence-electron chi connectivity index (χ1n) is 7.39. The predicted molar refractivity (Wildman–Crippen MR) is 91.0 cm³/mol. The molecule has 0 aliphatic heterocycles. The summed E-state index contributed by atoms with van der Waals surface area (Å²) in [6, 6.07) is 6.41. The van der Waals surface area contributed by atoms with Gasteiger partial charge in [-0.1, -0.05) is 41.3 Å². The molecule has 0 radical (unpaired) electrons. The molecule has 1 unspecified atom stereocenters. The van der Waals surface area contributed by atoms with Gasteiger partial charge in [-0.3, -0.25) is 9.59 Å². The largest absolute Gasteiger partial charge is 0.482 e. The lowest BCUT2D eigenvalue weighted by Gasteiger charge is -2.08. The van der Waals surface area contributed by atoms with Crippen LogP contribution in [0.2, 0.25) is 10.0 Å². The summed E-state index contributed by atoms with van der Waals surface area (Å²) in [5.74, 6) is -0.933. The van der Waals surface area contributed by atoms with E-state index in [-0.39, 0.29) is 31.2 Å². The fourth-order valence-electron chi connectivity index (χ4n) is 1.98. The summed E-state index contributed by atoms with van der Waals surface area (Å²) in [6.45, 7) is 1.95. The molecule has 134 valence electrons. The number of amides is 1. The van der Waals surface area contributed by atoms with Gasteiger partial charge in [-0.25, -0.2) is 0 Å². The third kappa shape index (κ3) is 5.65. The van der Waals surface area contributed by atoms with Crippen molar-refractivity contribution in [2.45, 2.75) is 20.0 Å². The molecule has 2 aromatic rings. The van der Waals surface area contributed by atoms with E-state index in [1.54, 1.807) is 25.1 Å². The van der Waals surface area contributed by atoms with Crippen molar-refractivity contribution in [1.29, 1.82) is 0 Å². The summed E-state index contributed by atoms with van der Waals surface area (Å²) in [4.78, 5) is 22.6. The van der Waals surface area contributed by atoms with Crippen molar-refractivity contribution in [2.24, 2.45) is 5.92 Å². The first-order valence-corrected chi connectivity index (χ1v) is 8.14. The van der Waals surface area contributed by atoms with Gasteiger partial charge in [-0.2, -0.15) is 0 Å². The lowest BCUT2D eigenvalue weighted by molar-refractivity contribution is -0.137. The van der Waals surface area contributed by atoms with E-state index in [4.69, 9.17) is 37.6 Å². The van der Waals surface area contributed by atoms with E-state index in [0.717, 1.165) is 0 Å². The molecule has 1 atom stereocenters. The molecule has 9 heteroatoms. The Bertz CT molecular complexity index is 742. The van der Waals surface area contributed by atoms with Crippen LogP contribution in [0, 0.1) is 5.92 Å². The van der Waals surface area contributed by atoms with E-state index in [2.05, 4.69) is 10.5 Å². The van der Waals surface area contributed by atoms with Crippen LogP contribution in [0.15, 0.2) is 28.8 Å². The van der Waals surface area contributed by atoms with Gasteiger partial charge in [0, 0.05) is 19.0 Å². The minimum absolute atomic E-state index is 0.000843. The standard InChI is InChI=1S/C16H16Cl2N2O5/c1-9(5-14(21)22)7-19-16(23)13-6-10(25-20-13)8-24-15-11(17)3-2-4-12(15)18/h2-4,6,9H,5,7-8H2,1H3,(H,19,23)(H,21,22). The molecular weight excluding hydrogens is 371 g/mol. The monoisotopic (exact) mass is 386 g/mol. The molecule has 0 fully saturated rings. The van der Waals surface area contributed by atoms with Crippen molar-refractivity contribution < 1.29 is 24.0 Å². The number of halogens is 2. The number of hydrogen-bond donors (Lipinski definition) is 2. The fourth-order valence-corrected chi connectivity index (χ4v) is 2.49. The molecule has 0 spiro atoms. The number of carboxylic acids is 1. The highest BCUT2D eigenvalue weighted by atomic mass is 35.5. The zero-order valence-corrected chi connectivity index (χ0v) is 14.8. The number of carboxylic acid groups (broad SMARTS) is 1. The molecule has 1 aromatic heterocycles. The van der Waals surface area contributed by atoms with Crippen LogP contribution in [-0.4, -0.2) is 28.7 Å². The Labute approximate surface area is 153 Å². The lowest BCUT2D eigenvalue weighted by atomic mass is 10.1. The van der Waals surface area contributed by atoms with Crippen LogP contribution in [-0.2, 0) is 11.4 Å². The number of nitrogens with zero attached hydrogens (tertiary/aromatic N) is 1. The van der Waals surface area contributed by atoms with Crippen LogP contribution in [0.3, 0.4) is 0 Å². The molecule has 0 saturated heterocycles. The van der Waals surface area contributed by atoms with Crippen molar-refractivity contribution >= 4 is 35.1 Å². The van der Waals surface area contributed by atoms with E-state index in [9.17, 15) is 9.59 Å². The SMILES string of the molecule is CC(CNC(=O)c1cc(COc2c(Cl)cccc2Cl)on1)CC(=O)O. The Morgan fingerprint density at radius 1 is 1.36 bits per heavy atom.